The highest BCUT2D eigenvalue weighted by molar-refractivity contribution is 6.13. The zero-order valence-corrected chi connectivity index (χ0v) is 34.3. The van der Waals surface area contributed by atoms with Gasteiger partial charge in [-0.25, -0.2) is 0 Å². The van der Waals surface area contributed by atoms with Crippen molar-refractivity contribution in [2.75, 3.05) is 0 Å². The molecule has 0 atom stereocenters. The molecule has 2 aliphatic rings. The van der Waals surface area contributed by atoms with Crippen molar-refractivity contribution in [2.24, 2.45) is 0 Å². The number of hydrogen-bond acceptors (Lipinski definition) is 0. The van der Waals surface area contributed by atoms with Gasteiger partial charge in [-0.3, -0.25) is 0 Å². The van der Waals surface area contributed by atoms with E-state index in [0.717, 1.165) is 0 Å². The highest BCUT2D eigenvalue weighted by atomic mass is 15.0. The van der Waals surface area contributed by atoms with Gasteiger partial charge in [0.2, 0.25) is 0 Å². The Kier molecular flexibility index (Phi) is 7.07. The van der Waals surface area contributed by atoms with Gasteiger partial charge in [-0.05, 0) is 92.0 Å². The minimum Gasteiger partial charge on any atom is -0.309 e. The molecule has 0 aliphatic heterocycles. The SMILES string of the molecule is c1ccc(-c2ccc3c4ccccc4n(-c4cccc5c4-c4ccccc4C54c5ccccc5-c5c(-n6c7ccccc7c7ccc(-c8ccccc8)cc76)cccc54)c3c2)cc1. The standard InChI is InChI=1S/C61H38N2/c1-3-17-39(18-4-1)41-33-35-45-43-21-9-13-29-53(43)62(57(45)37-41)55-31-15-27-51-59(55)47-23-7-11-25-49(47)61(51)50-26-12-8-24-48(50)60-52(61)28-16-32-56(60)63-54-30-14-10-22-44(54)46-36-34-42(38-58(46)63)40-19-5-2-6-20-40/h1-38H. The molecule has 2 heteroatoms. The maximum atomic E-state index is 2.53. The summed E-state index contributed by atoms with van der Waals surface area (Å²) in [7, 11) is 0. The molecule has 0 fully saturated rings. The van der Waals surface area contributed by atoms with E-state index in [1.807, 2.05) is 0 Å². The lowest BCUT2D eigenvalue weighted by Crippen LogP contribution is -2.26. The van der Waals surface area contributed by atoms with Crippen LogP contribution in [0.1, 0.15) is 22.3 Å². The lowest BCUT2D eigenvalue weighted by molar-refractivity contribution is 0.793. The maximum Gasteiger partial charge on any atom is 0.0727 e. The van der Waals surface area contributed by atoms with Gasteiger partial charge >= 0.3 is 0 Å². The molecule has 14 rings (SSSR count). The molecule has 2 nitrogen and oxygen atoms in total. The van der Waals surface area contributed by atoms with E-state index in [2.05, 4.69) is 240 Å². The van der Waals surface area contributed by atoms with Crippen LogP contribution in [0, 0.1) is 0 Å². The monoisotopic (exact) mass is 798 g/mol. The van der Waals surface area contributed by atoms with Gasteiger partial charge in [0.1, 0.15) is 0 Å². The van der Waals surface area contributed by atoms with Gasteiger partial charge in [0.15, 0.2) is 0 Å². The van der Waals surface area contributed by atoms with Crippen LogP contribution in [-0.2, 0) is 5.41 Å². The molecule has 10 aromatic carbocycles. The van der Waals surface area contributed by atoms with Crippen molar-refractivity contribution in [3.63, 3.8) is 0 Å². The lowest BCUT2D eigenvalue weighted by Gasteiger charge is -2.30. The van der Waals surface area contributed by atoms with Crippen LogP contribution in [-0.4, -0.2) is 9.13 Å². The van der Waals surface area contributed by atoms with Gasteiger partial charge in [-0.15, -0.1) is 0 Å². The van der Waals surface area contributed by atoms with Crippen molar-refractivity contribution in [1.82, 2.24) is 9.13 Å². The summed E-state index contributed by atoms with van der Waals surface area (Å²) in [6.45, 7) is 0. The van der Waals surface area contributed by atoms with Gasteiger partial charge in [-0.2, -0.15) is 0 Å². The highest BCUT2D eigenvalue weighted by Crippen LogP contribution is 2.65. The van der Waals surface area contributed by atoms with E-state index in [1.54, 1.807) is 0 Å². The van der Waals surface area contributed by atoms with Crippen molar-refractivity contribution in [3.8, 4) is 55.9 Å². The molecule has 1 spiro atoms. The Hall–Kier alpha value is -8.20. The number of hydrogen-bond donors (Lipinski definition) is 0. The fourth-order valence-electron chi connectivity index (χ4n) is 11.7. The average Bonchev–Trinajstić information content (AvgIpc) is 4.06. The first-order chi connectivity index (χ1) is 31.3. The normalized spacial score (nSPS) is 13.2. The zero-order valence-electron chi connectivity index (χ0n) is 34.3. The summed E-state index contributed by atoms with van der Waals surface area (Å²) in [4.78, 5) is 0. The first kappa shape index (κ1) is 34.5. The van der Waals surface area contributed by atoms with Gasteiger partial charge < -0.3 is 9.13 Å². The summed E-state index contributed by atoms with van der Waals surface area (Å²) in [5.74, 6) is 0. The third-order valence-corrected chi connectivity index (χ3v) is 14.1. The molecule has 0 amide bonds. The van der Waals surface area contributed by atoms with Crippen LogP contribution in [0.4, 0.5) is 0 Å². The van der Waals surface area contributed by atoms with Crippen molar-refractivity contribution < 1.29 is 0 Å². The van der Waals surface area contributed by atoms with Crippen LogP contribution in [0.5, 0.6) is 0 Å². The van der Waals surface area contributed by atoms with E-state index in [1.165, 1.54) is 122 Å². The van der Waals surface area contributed by atoms with Gasteiger partial charge in [0, 0.05) is 32.7 Å². The van der Waals surface area contributed by atoms with Crippen LogP contribution in [0.15, 0.2) is 231 Å². The predicted octanol–water partition coefficient (Wildman–Crippen LogP) is 15.6. The Bertz CT molecular complexity index is 3590. The summed E-state index contributed by atoms with van der Waals surface area (Å²) < 4.78 is 5.07. The minimum atomic E-state index is -0.536. The fourth-order valence-corrected chi connectivity index (χ4v) is 11.7. The van der Waals surface area contributed by atoms with Crippen LogP contribution in [0.3, 0.4) is 0 Å². The van der Waals surface area contributed by atoms with E-state index in [-0.39, 0.29) is 0 Å². The van der Waals surface area contributed by atoms with E-state index in [4.69, 9.17) is 0 Å². The molecule has 0 saturated carbocycles. The summed E-state index contributed by atoms with van der Waals surface area (Å²) in [5.41, 5.74) is 22.0. The number of nitrogens with zero attached hydrogens (tertiary/aromatic N) is 2. The molecular formula is C61H38N2. The Morgan fingerprint density at radius 3 is 1.11 bits per heavy atom. The van der Waals surface area contributed by atoms with Crippen molar-refractivity contribution in [3.05, 3.63) is 253 Å². The summed E-state index contributed by atoms with van der Waals surface area (Å²) in [5, 5.41) is 5.03. The second-order valence-corrected chi connectivity index (χ2v) is 17.1. The largest absolute Gasteiger partial charge is 0.309 e. The number of para-hydroxylation sites is 2. The first-order valence-electron chi connectivity index (χ1n) is 21.9. The summed E-state index contributed by atoms with van der Waals surface area (Å²) in [6.07, 6.45) is 0. The molecule has 0 radical (unpaired) electrons. The summed E-state index contributed by atoms with van der Waals surface area (Å²) in [6, 6.07) is 85.8. The molecular weight excluding hydrogens is 761 g/mol. The highest BCUT2D eigenvalue weighted by Gasteiger charge is 2.53. The van der Waals surface area contributed by atoms with Crippen LogP contribution in [0.2, 0.25) is 0 Å². The molecule has 0 unspecified atom stereocenters. The van der Waals surface area contributed by atoms with Crippen LogP contribution in [0.25, 0.3) is 99.5 Å². The smallest absolute Gasteiger partial charge is 0.0727 e. The molecule has 63 heavy (non-hydrogen) atoms. The number of fused-ring (bicyclic) bond motifs is 16. The zero-order chi connectivity index (χ0) is 41.2. The minimum absolute atomic E-state index is 0.536. The van der Waals surface area contributed by atoms with Crippen molar-refractivity contribution >= 4 is 43.6 Å². The van der Waals surface area contributed by atoms with E-state index < -0.39 is 5.41 Å². The Morgan fingerprint density at radius 2 is 0.635 bits per heavy atom. The maximum absolute atomic E-state index is 2.53. The van der Waals surface area contributed by atoms with Gasteiger partial charge in [-0.1, -0.05) is 194 Å². The second-order valence-electron chi connectivity index (χ2n) is 17.1. The quantitative estimate of drug-likeness (QED) is 0.168. The van der Waals surface area contributed by atoms with Crippen molar-refractivity contribution in [2.45, 2.75) is 5.41 Å². The Balaban J connectivity index is 1.07. The van der Waals surface area contributed by atoms with Crippen molar-refractivity contribution in [1.29, 1.82) is 0 Å². The number of benzene rings is 10. The fraction of sp³-hybridized carbons (Fsp3) is 0.0164. The topological polar surface area (TPSA) is 9.86 Å². The molecule has 0 saturated heterocycles. The first-order valence-corrected chi connectivity index (χ1v) is 21.9. The number of aromatic nitrogens is 2. The number of rotatable bonds is 4. The third kappa shape index (κ3) is 4.57. The average molecular weight is 799 g/mol. The van der Waals surface area contributed by atoms with E-state index >= 15 is 0 Å². The second kappa shape index (κ2) is 12.9. The molecule has 0 bridgehead atoms. The Morgan fingerprint density at radius 1 is 0.254 bits per heavy atom. The van der Waals surface area contributed by atoms with E-state index in [0.29, 0.717) is 0 Å². The lowest BCUT2D eigenvalue weighted by atomic mass is 9.70. The van der Waals surface area contributed by atoms with Crippen LogP contribution < -0.4 is 0 Å². The Labute approximate surface area is 365 Å². The predicted molar refractivity (Wildman–Crippen MR) is 262 cm³/mol. The molecule has 2 aromatic heterocycles. The van der Waals surface area contributed by atoms with E-state index in [9.17, 15) is 0 Å². The molecule has 0 N–H and O–H groups in total. The molecule has 2 aliphatic carbocycles. The van der Waals surface area contributed by atoms with Gasteiger partial charge in [0.25, 0.3) is 0 Å². The molecule has 2 heterocycles. The summed E-state index contributed by atoms with van der Waals surface area (Å²) >= 11 is 0. The van der Waals surface area contributed by atoms with Crippen LogP contribution >= 0.6 is 0 Å². The molecule has 292 valence electrons. The molecule has 12 aromatic rings. The third-order valence-electron chi connectivity index (χ3n) is 14.1. The van der Waals surface area contributed by atoms with Gasteiger partial charge in [0.05, 0.1) is 38.9 Å².